The Morgan fingerprint density at radius 1 is 1.40 bits per heavy atom. The van der Waals surface area contributed by atoms with Gasteiger partial charge in [0.1, 0.15) is 0 Å². The highest BCUT2D eigenvalue weighted by atomic mass is 35.5. The molecule has 0 spiro atoms. The Labute approximate surface area is 94.1 Å². The molecule has 0 aliphatic carbocycles. The number of nitrogens with zero attached hydrogens (tertiary/aromatic N) is 2. The van der Waals surface area contributed by atoms with E-state index in [4.69, 9.17) is 11.6 Å². The summed E-state index contributed by atoms with van der Waals surface area (Å²) in [5, 5.41) is 2.89. The van der Waals surface area contributed by atoms with E-state index < -0.39 is 0 Å². The van der Waals surface area contributed by atoms with Crippen molar-refractivity contribution in [3.63, 3.8) is 0 Å². The minimum Gasteiger partial charge on any atom is -0.308 e. The van der Waals surface area contributed by atoms with Crippen molar-refractivity contribution >= 4 is 23.3 Å². The largest absolute Gasteiger partial charge is 0.308 e. The first-order valence-corrected chi connectivity index (χ1v) is 5.34. The summed E-state index contributed by atoms with van der Waals surface area (Å²) in [6, 6.07) is 0. The Morgan fingerprint density at radius 2 is 2.00 bits per heavy atom. The van der Waals surface area contributed by atoms with Gasteiger partial charge in [-0.2, -0.15) is 0 Å². The molecule has 0 saturated carbocycles. The molecule has 1 N–H and O–H groups in total. The monoisotopic (exact) mass is 227 g/mol. The van der Waals surface area contributed by atoms with Crippen LogP contribution in [0.2, 0.25) is 5.15 Å². The Hall–Kier alpha value is -1.16. The maximum atomic E-state index is 11.7. The number of amides is 1. The molecule has 0 saturated heterocycles. The van der Waals surface area contributed by atoms with Crippen molar-refractivity contribution in [3.05, 3.63) is 17.5 Å². The molecular formula is C10H14ClN3O. The van der Waals surface area contributed by atoms with Gasteiger partial charge >= 0.3 is 0 Å². The molecule has 0 fully saturated rings. The second-order valence-corrected chi connectivity index (χ2v) is 3.56. The van der Waals surface area contributed by atoms with Crippen LogP contribution in [0.1, 0.15) is 26.7 Å². The Balaban J connectivity index is 2.70. The molecule has 0 aromatic carbocycles. The Bertz CT molecular complexity index is 339. The number of nitrogens with one attached hydrogen (secondary N) is 1. The van der Waals surface area contributed by atoms with E-state index >= 15 is 0 Å². The first-order valence-electron chi connectivity index (χ1n) is 4.96. The molecule has 5 heteroatoms. The number of carbonyl (C=O) groups is 1. The molecule has 1 aromatic rings. The summed E-state index contributed by atoms with van der Waals surface area (Å²) in [4.78, 5) is 19.5. The van der Waals surface area contributed by atoms with E-state index in [1.54, 1.807) is 0 Å². The molecule has 1 rings (SSSR count). The predicted octanol–water partition coefficient (Wildman–Crippen LogP) is 2.50. The van der Waals surface area contributed by atoms with Gasteiger partial charge in [0.2, 0.25) is 5.91 Å². The van der Waals surface area contributed by atoms with Crippen LogP contribution in [0.5, 0.6) is 0 Å². The summed E-state index contributed by atoms with van der Waals surface area (Å²) in [6.45, 7) is 3.96. The van der Waals surface area contributed by atoms with Crippen LogP contribution in [0.15, 0.2) is 12.4 Å². The number of aromatic nitrogens is 2. The van der Waals surface area contributed by atoms with E-state index in [0.717, 1.165) is 12.8 Å². The molecule has 0 aliphatic heterocycles. The van der Waals surface area contributed by atoms with Gasteiger partial charge in [-0.1, -0.05) is 25.4 Å². The van der Waals surface area contributed by atoms with Crippen LogP contribution in [0.25, 0.3) is 0 Å². The van der Waals surface area contributed by atoms with Gasteiger partial charge in [-0.15, -0.1) is 0 Å². The SMILES string of the molecule is CCC(CC)C(=O)Nc1nccnc1Cl. The van der Waals surface area contributed by atoms with Crippen molar-refractivity contribution in [1.82, 2.24) is 9.97 Å². The number of hydrogen-bond acceptors (Lipinski definition) is 3. The third kappa shape index (κ3) is 3.16. The van der Waals surface area contributed by atoms with Gasteiger partial charge < -0.3 is 5.32 Å². The maximum Gasteiger partial charge on any atom is 0.228 e. The number of carbonyl (C=O) groups excluding carboxylic acids is 1. The highest BCUT2D eigenvalue weighted by Crippen LogP contribution is 2.16. The summed E-state index contributed by atoms with van der Waals surface area (Å²) < 4.78 is 0. The zero-order valence-corrected chi connectivity index (χ0v) is 9.58. The minimum atomic E-state index is -0.0533. The van der Waals surface area contributed by atoms with Crippen LogP contribution in [0, 0.1) is 5.92 Å². The van der Waals surface area contributed by atoms with Gasteiger partial charge in [-0.05, 0) is 12.8 Å². The summed E-state index contributed by atoms with van der Waals surface area (Å²) in [7, 11) is 0. The maximum absolute atomic E-state index is 11.7. The molecule has 1 heterocycles. The second-order valence-electron chi connectivity index (χ2n) is 3.20. The lowest BCUT2D eigenvalue weighted by Gasteiger charge is -2.12. The number of rotatable bonds is 4. The molecule has 1 amide bonds. The molecule has 0 unspecified atom stereocenters. The first kappa shape index (κ1) is 11.9. The van der Waals surface area contributed by atoms with Gasteiger partial charge in [-0.25, -0.2) is 9.97 Å². The number of hydrogen-bond donors (Lipinski definition) is 1. The Morgan fingerprint density at radius 3 is 2.53 bits per heavy atom. The highest BCUT2D eigenvalue weighted by Gasteiger charge is 2.15. The van der Waals surface area contributed by atoms with Crippen molar-refractivity contribution in [2.45, 2.75) is 26.7 Å². The summed E-state index contributed by atoms with van der Waals surface area (Å²) in [6.07, 6.45) is 4.59. The van der Waals surface area contributed by atoms with Crippen LogP contribution >= 0.6 is 11.6 Å². The minimum absolute atomic E-state index is 0.00285. The molecule has 82 valence electrons. The number of halogens is 1. The molecule has 0 aliphatic rings. The third-order valence-corrected chi connectivity index (χ3v) is 2.53. The lowest BCUT2D eigenvalue weighted by molar-refractivity contribution is -0.120. The van der Waals surface area contributed by atoms with Crippen LogP contribution in [0.4, 0.5) is 5.82 Å². The summed E-state index contributed by atoms with van der Waals surface area (Å²) in [5.74, 6) is 0.279. The lowest BCUT2D eigenvalue weighted by atomic mass is 10.0. The molecule has 15 heavy (non-hydrogen) atoms. The van der Waals surface area contributed by atoms with Gasteiger partial charge in [0, 0.05) is 18.3 Å². The van der Waals surface area contributed by atoms with E-state index in [1.807, 2.05) is 13.8 Å². The first-order chi connectivity index (χ1) is 7.19. The third-order valence-electron chi connectivity index (χ3n) is 2.25. The quantitative estimate of drug-likeness (QED) is 0.860. The van der Waals surface area contributed by atoms with Gasteiger partial charge in [0.05, 0.1) is 0 Å². The molecule has 0 atom stereocenters. The van der Waals surface area contributed by atoms with Crippen LogP contribution < -0.4 is 5.32 Å². The van der Waals surface area contributed by atoms with Crippen molar-refractivity contribution < 1.29 is 4.79 Å². The smallest absolute Gasteiger partial charge is 0.228 e. The fourth-order valence-corrected chi connectivity index (χ4v) is 1.44. The zero-order chi connectivity index (χ0) is 11.3. The highest BCUT2D eigenvalue weighted by molar-refractivity contribution is 6.32. The van der Waals surface area contributed by atoms with Crippen molar-refractivity contribution in [2.24, 2.45) is 5.92 Å². The normalized spacial score (nSPS) is 10.4. The zero-order valence-electron chi connectivity index (χ0n) is 8.83. The number of anilines is 1. The second kappa shape index (κ2) is 5.66. The fourth-order valence-electron chi connectivity index (χ4n) is 1.28. The fraction of sp³-hybridized carbons (Fsp3) is 0.500. The standard InChI is InChI=1S/C10H14ClN3O/c1-3-7(4-2)10(15)14-9-8(11)12-5-6-13-9/h5-7H,3-4H2,1-2H3,(H,13,14,15). The molecule has 4 nitrogen and oxygen atoms in total. The topological polar surface area (TPSA) is 54.9 Å². The lowest BCUT2D eigenvalue weighted by Crippen LogP contribution is -2.22. The van der Waals surface area contributed by atoms with Crippen molar-refractivity contribution in [2.75, 3.05) is 5.32 Å². The predicted molar refractivity (Wildman–Crippen MR) is 59.7 cm³/mol. The van der Waals surface area contributed by atoms with Crippen LogP contribution in [0.3, 0.4) is 0 Å². The van der Waals surface area contributed by atoms with Crippen molar-refractivity contribution in [3.8, 4) is 0 Å². The van der Waals surface area contributed by atoms with Crippen LogP contribution in [-0.4, -0.2) is 15.9 Å². The van der Waals surface area contributed by atoms with E-state index in [9.17, 15) is 4.79 Å². The van der Waals surface area contributed by atoms with E-state index in [-0.39, 0.29) is 17.0 Å². The molecule has 1 aromatic heterocycles. The van der Waals surface area contributed by atoms with Gasteiger partial charge in [0.15, 0.2) is 11.0 Å². The molecule has 0 radical (unpaired) electrons. The van der Waals surface area contributed by atoms with E-state index in [1.165, 1.54) is 12.4 Å². The van der Waals surface area contributed by atoms with E-state index in [2.05, 4.69) is 15.3 Å². The van der Waals surface area contributed by atoms with Gasteiger partial charge in [0.25, 0.3) is 0 Å². The summed E-state index contributed by atoms with van der Waals surface area (Å²) in [5.41, 5.74) is 0. The average molecular weight is 228 g/mol. The van der Waals surface area contributed by atoms with Crippen molar-refractivity contribution in [1.29, 1.82) is 0 Å². The molecule has 0 bridgehead atoms. The Kier molecular flexibility index (Phi) is 4.49. The average Bonchev–Trinajstić information content (AvgIpc) is 2.23. The molecular weight excluding hydrogens is 214 g/mol. The summed E-state index contributed by atoms with van der Waals surface area (Å²) >= 11 is 5.77. The van der Waals surface area contributed by atoms with Gasteiger partial charge in [-0.3, -0.25) is 4.79 Å². The van der Waals surface area contributed by atoms with E-state index in [0.29, 0.717) is 5.82 Å². The van der Waals surface area contributed by atoms with Crippen LogP contribution in [-0.2, 0) is 4.79 Å².